The summed E-state index contributed by atoms with van der Waals surface area (Å²) in [6, 6.07) is 22.5. The summed E-state index contributed by atoms with van der Waals surface area (Å²) in [7, 11) is 0. The second-order valence-electron chi connectivity index (χ2n) is 10.7. The van der Waals surface area contributed by atoms with Crippen molar-refractivity contribution in [3.8, 4) is 0 Å². The fourth-order valence-electron chi connectivity index (χ4n) is 5.76. The predicted octanol–water partition coefficient (Wildman–Crippen LogP) is 4.19. The lowest BCUT2D eigenvalue weighted by molar-refractivity contribution is -0.384. The Morgan fingerprint density at radius 1 is 0.952 bits per heavy atom. The van der Waals surface area contributed by atoms with Gasteiger partial charge in [-0.2, -0.15) is 0 Å². The number of anilines is 1. The molecule has 3 heterocycles. The first-order valence-electron chi connectivity index (χ1n) is 14.1. The summed E-state index contributed by atoms with van der Waals surface area (Å²) < 4.78 is 1.81. The van der Waals surface area contributed by atoms with Gasteiger partial charge in [-0.25, -0.2) is 4.68 Å². The average molecular weight is 565 g/mol. The van der Waals surface area contributed by atoms with Gasteiger partial charge < -0.3 is 9.88 Å². The van der Waals surface area contributed by atoms with Crippen LogP contribution in [-0.4, -0.2) is 61.2 Å². The molecule has 0 bridgehead atoms. The fraction of sp³-hybridized carbons (Fsp3) is 0.290. The van der Waals surface area contributed by atoms with Crippen molar-refractivity contribution < 1.29 is 4.92 Å². The number of non-ortho nitro benzene ring substituents is 1. The number of nitrogens with one attached hydrogen (secondary N) is 1. The quantitative estimate of drug-likeness (QED) is 0.220. The molecule has 5 aromatic rings. The molecule has 1 saturated heterocycles. The minimum atomic E-state index is -0.456. The normalized spacial score (nSPS) is 14.8. The van der Waals surface area contributed by atoms with Crippen molar-refractivity contribution in [1.29, 1.82) is 0 Å². The van der Waals surface area contributed by atoms with Crippen molar-refractivity contribution in [2.75, 3.05) is 31.1 Å². The topological polar surface area (TPSA) is 126 Å². The van der Waals surface area contributed by atoms with Crippen molar-refractivity contribution in [2.24, 2.45) is 0 Å². The number of nitrogens with zero attached hydrogens (tertiary/aromatic N) is 7. The van der Waals surface area contributed by atoms with E-state index in [-0.39, 0.29) is 11.2 Å². The Morgan fingerprint density at radius 2 is 1.67 bits per heavy atom. The van der Waals surface area contributed by atoms with Crippen LogP contribution in [0.15, 0.2) is 77.6 Å². The smallest absolute Gasteiger partial charge is 0.269 e. The van der Waals surface area contributed by atoms with Gasteiger partial charge >= 0.3 is 0 Å². The molecule has 1 aliphatic heterocycles. The SMILES string of the molecule is Cc1ccc(C)c2[nH]c(=O)c(C(c3nnnn3CCc3ccccc3)N3CCN(c4ccc([N+](=O)[O-])cc4)CC3)cc12. The van der Waals surface area contributed by atoms with E-state index in [4.69, 9.17) is 0 Å². The molecule has 0 amide bonds. The van der Waals surface area contributed by atoms with Crippen molar-refractivity contribution in [3.05, 3.63) is 121 Å². The van der Waals surface area contributed by atoms with Gasteiger partial charge in [0.25, 0.3) is 11.2 Å². The molecule has 0 saturated carbocycles. The molecule has 1 N–H and O–H groups in total. The van der Waals surface area contributed by atoms with Gasteiger partial charge in [0, 0.05) is 61.5 Å². The molecule has 11 nitrogen and oxygen atoms in total. The lowest BCUT2D eigenvalue weighted by Crippen LogP contribution is -2.49. The van der Waals surface area contributed by atoms with Gasteiger partial charge in [0.15, 0.2) is 5.82 Å². The summed E-state index contributed by atoms with van der Waals surface area (Å²) in [5.41, 5.74) is 5.57. The maximum absolute atomic E-state index is 13.7. The molecule has 1 atom stereocenters. The number of pyridine rings is 1. The number of fused-ring (bicyclic) bond motifs is 1. The van der Waals surface area contributed by atoms with Crippen LogP contribution < -0.4 is 10.5 Å². The molecule has 0 spiro atoms. The van der Waals surface area contributed by atoms with Crippen LogP contribution in [0, 0.1) is 24.0 Å². The van der Waals surface area contributed by atoms with E-state index in [1.54, 1.807) is 12.1 Å². The molecule has 3 aromatic carbocycles. The summed E-state index contributed by atoms with van der Waals surface area (Å²) in [5.74, 6) is 0.630. The summed E-state index contributed by atoms with van der Waals surface area (Å²) in [6.07, 6.45) is 0.756. The van der Waals surface area contributed by atoms with Gasteiger partial charge in [-0.15, -0.1) is 5.10 Å². The van der Waals surface area contributed by atoms with Gasteiger partial charge in [-0.1, -0.05) is 42.5 Å². The van der Waals surface area contributed by atoms with E-state index in [1.165, 1.54) is 17.7 Å². The molecular formula is C31H32N8O3. The van der Waals surface area contributed by atoms with Crippen LogP contribution in [0.3, 0.4) is 0 Å². The molecule has 1 fully saturated rings. The number of aromatic amines is 1. The highest BCUT2D eigenvalue weighted by Crippen LogP contribution is 2.30. The summed E-state index contributed by atoms with van der Waals surface area (Å²) in [4.78, 5) is 32.0. The van der Waals surface area contributed by atoms with Crippen molar-refractivity contribution >= 4 is 22.3 Å². The van der Waals surface area contributed by atoms with E-state index < -0.39 is 11.0 Å². The maximum atomic E-state index is 13.7. The average Bonchev–Trinajstić information content (AvgIpc) is 3.48. The van der Waals surface area contributed by atoms with Crippen LogP contribution >= 0.6 is 0 Å². The Hall–Kier alpha value is -4.90. The highest BCUT2D eigenvalue weighted by atomic mass is 16.6. The minimum Gasteiger partial charge on any atom is -0.369 e. The first-order chi connectivity index (χ1) is 20.4. The highest BCUT2D eigenvalue weighted by Gasteiger charge is 2.33. The molecule has 1 aliphatic rings. The summed E-state index contributed by atoms with van der Waals surface area (Å²) >= 11 is 0. The van der Waals surface area contributed by atoms with Crippen LogP contribution in [-0.2, 0) is 13.0 Å². The second kappa shape index (κ2) is 11.5. The van der Waals surface area contributed by atoms with E-state index >= 15 is 0 Å². The number of hydrogen-bond donors (Lipinski definition) is 1. The second-order valence-corrected chi connectivity index (χ2v) is 10.7. The molecule has 2 aromatic heterocycles. The molecule has 11 heteroatoms. The predicted molar refractivity (Wildman–Crippen MR) is 161 cm³/mol. The van der Waals surface area contributed by atoms with Crippen LogP contribution in [0.2, 0.25) is 0 Å². The van der Waals surface area contributed by atoms with Crippen molar-refractivity contribution in [2.45, 2.75) is 32.9 Å². The van der Waals surface area contributed by atoms with E-state index in [9.17, 15) is 14.9 Å². The summed E-state index contributed by atoms with van der Waals surface area (Å²) in [5, 5.41) is 24.9. The largest absolute Gasteiger partial charge is 0.369 e. The zero-order valence-corrected chi connectivity index (χ0v) is 23.6. The Morgan fingerprint density at radius 3 is 2.38 bits per heavy atom. The maximum Gasteiger partial charge on any atom is 0.269 e. The third kappa shape index (κ3) is 5.38. The van der Waals surface area contributed by atoms with Crippen LogP contribution in [0.4, 0.5) is 11.4 Å². The number of nitro benzene ring substituents is 1. The van der Waals surface area contributed by atoms with Crippen LogP contribution in [0.25, 0.3) is 10.9 Å². The Bertz CT molecular complexity index is 1770. The van der Waals surface area contributed by atoms with E-state index in [1.807, 2.05) is 48.9 Å². The Balaban J connectivity index is 1.35. The molecule has 42 heavy (non-hydrogen) atoms. The standard InChI is InChI=1S/C31H32N8O3/c1-21-8-9-22(2)28-26(21)20-27(31(40)32-28)29(30-33-34-35-38(30)15-14-23-6-4-3-5-7-23)37-18-16-36(17-19-37)24-10-12-25(13-11-24)39(41)42/h3-13,20,29H,14-19H2,1-2H3,(H,32,40). The minimum absolute atomic E-state index is 0.0702. The molecule has 6 rings (SSSR count). The number of hydrogen-bond acceptors (Lipinski definition) is 8. The number of piperazine rings is 1. The first-order valence-corrected chi connectivity index (χ1v) is 14.1. The number of nitro groups is 1. The van der Waals surface area contributed by atoms with Gasteiger partial charge in [-0.05, 0) is 65.6 Å². The number of rotatable bonds is 8. The van der Waals surface area contributed by atoms with Crippen molar-refractivity contribution in [1.82, 2.24) is 30.1 Å². The number of benzene rings is 3. The third-order valence-electron chi connectivity index (χ3n) is 8.13. The molecule has 214 valence electrons. The molecule has 1 unspecified atom stereocenters. The Kier molecular flexibility index (Phi) is 7.49. The first kappa shape index (κ1) is 27.3. The third-order valence-corrected chi connectivity index (χ3v) is 8.13. The van der Waals surface area contributed by atoms with Crippen LogP contribution in [0.1, 0.15) is 34.1 Å². The van der Waals surface area contributed by atoms with E-state index in [2.05, 4.69) is 48.5 Å². The molecule has 0 aliphatic carbocycles. The van der Waals surface area contributed by atoms with Crippen molar-refractivity contribution in [3.63, 3.8) is 0 Å². The van der Waals surface area contributed by atoms with E-state index in [0.29, 0.717) is 44.1 Å². The van der Waals surface area contributed by atoms with Crippen LogP contribution in [0.5, 0.6) is 0 Å². The lowest BCUT2D eigenvalue weighted by Gasteiger charge is -2.39. The highest BCUT2D eigenvalue weighted by molar-refractivity contribution is 5.85. The molecule has 0 radical (unpaired) electrons. The zero-order chi connectivity index (χ0) is 29.2. The van der Waals surface area contributed by atoms with Gasteiger partial charge in [0.1, 0.15) is 6.04 Å². The lowest BCUT2D eigenvalue weighted by atomic mass is 9.99. The number of aromatic nitrogens is 5. The number of H-pyrrole nitrogens is 1. The Labute approximate surface area is 242 Å². The fourth-order valence-corrected chi connectivity index (χ4v) is 5.76. The number of aryl methyl sites for hydroxylation is 4. The summed E-state index contributed by atoms with van der Waals surface area (Å²) in [6.45, 7) is 7.29. The van der Waals surface area contributed by atoms with Gasteiger partial charge in [0.2, 0.25) is 0 Å². The molecular weight excluding hydrogens is 532 g/mol. The van der Waals surface area contributed by atoms with Gasteiger partial charge in [0.05, 0.1) is 10.4 Å². The van der Waals surface area contributed by atoms with Gasteiger partial charge in [-0.3, -0.25) is 19.8 Å². The monoisotopic (exact) mass is 564 g/mol. The van der Waals surface area contributed by atoms with E-state index in [0.717, 1.165) is 34.1 Å². The zero-order valence-electron chi connectivity index (χ0n) is 23.6. The number of tetrazole rings is 1.